The minimum atomic E-state index is -1.50. The van der Waals surface area contributed by atoms with Crippen LogP contribution in [0.25, 0.3) is 0 Å². The van der Waals surface area contributed by atoms with E-state index < -0.39 is 45.3 Å². The molecule has 1 aromatic carbocycles. The molecule has 1 atom stereocenters. The van der Waals surface area contributed by atoms with Crippen LogP contribution in [0.2, 0.25) is 0 Å². The quantitative estimate of drug-likeness (QED) is 0.629. The first-order valence-electron chi connectivity index (χ1n) is 7.39. The molecule has 0 amide bonds. The van der Waals surface area contributed by atoms with Crippen LogP contribution in [0.5, 0.6) is 0 Å². The third-order valence-corrected chi connectivity index (χ3v) is 4.99. The summed E-state index contributed by atoms with van der Waals surface area (Å²) < 4.78 is 0. The lowest BCUT2D eigenvalue weighted by atomic mass is 9.58. The van der Waals surface area contributed by atoms with Crippen LogP contribution in [0.15, 0.2) is 30.3 Å². The zero-order valence-electron chi connectivity index (χ0n) is 13.6. The molecule has 122 valence electrons. The molecule has 0 aliphatic heterocycles. The van der Waals surface area contributed by atoms with Crippen LogP contribution in [0, 0.1) is 16.7 Å². The van der Waals surface area contributed by atoms with E-state index in [9.17, 15) is 19.2 Å². The van der Waals surface area contributed by atoms with Gasteiger partial charge in [0.1, 0.15) is 11.3 Å². The molecule has 1 unspecified atom stereocenters. The normalized spacial score (nSPS) is 22.0. The van der Waals surface area contributed by atoms with Gasteiger partial charge in [-0.25, -0.2) is 0 Å². The fourth-order valence-electron chi connectivity index (χ4n) is 3.04. The first-order chi connectivity index (χ1) is 10.5. The van der Waals surface area contributed by atoms with Gasteiger partial charge in [0.05, 0.1) is 10.8 Å². The summed E-state index contributed by atoms with van der Waals surface area (Å²) in [5.41, 5.74) is -2.25. The van der Waals surface area contributed by atoms with E-state index in [2.05, 4.69) is 0 Å². The molecule has 0 heterocycles. The Morgan fingerprint density at radius 3 is 1.83 bits per heavy atom. The number of benzene rings is 1. The minimum Gasteiger partial charge on any atom is -0.297 e. The van der Waals surface area contributed by atoms with E-state index in [1.807, 2.05) is 0 Å². The Kier molecular flexibility index (Phi) is 4.33. The third-order valence-electron chi connectivity index (χ3n) is 4.52. The number of hydrogen-bond donors (Lipinski definition) is 0. The largest absolute Gasteiger partial charge is 0.297 e. The highest BCUT2D eigenvalue weighted by Crippen LogP contribution is 2.43. The van der Waals surface area contributed by atoms with Crippen LogP contribution in [0.1, 0.15) is 38.6 Å². The maximum absolute atomic E-state index is 12.7. The minimum absolute atomic E-state index is 0.463. The zero-order chi connectivity index (χ0) is 17.6. The SMILES string of the molecule is CC1(C)C(=O)C(C(=O)C(Cl)c2ccccc2)C(=O)C(C)(C)C1=O. The van der Waals surface area contributed by atoms with Gasteiger partial charge in [0.25, 0.3) is 0 Å². The zero-order valence-corrected chi connectivity index (χ0v) is 14.3. The summed E-state index contributed by atoms with van der Waals surface area (Å²) in [4.78, 5) is 50.4. The van der Waals surface area contributed by atoms with E-state index in [1.165, 1.54) is 27.7 Å². The van der Waals surface area contributed by atoms with Crippen LogP contribution in [-0.4, -0.2) is 23.1 Å². The smallest absolute Gasteiger partial charge is 0.173 e. The third kappa shape index (κ3) is 2.65. The molecule has 4 nitrogen and oxygen atoms in total. The van der Waals surface area contributed by atoms with E-state index in [1.54, 1.807) is 30.3 Å². The number of halogens is 1. The van der Waals surface area contributed by atoms with Gasteiger partial charge in [0.2, 0.25) is 0 Å². The highest BCUT2D eigenvalue weighted by molar-refractivity contribution is 6.41. The van der Waals surface area contributed by atoms with Gasteiger partial charge in [-0.05, 0) is 33.3 Å². The molecule has 0 bridgehead atoms. The molecule has 5 heteroatoms. The van der Waals surface area contributed by atoms with Crippen molar-refractivity contribution in [1.82, 2.24) is 0 Å². The molecule has 1 aliphatic carbocycles. The van der Waals surface area contributed by atoms with Gasteiger partial charge in [0.15, 0.2) is 23.1 Å². The molecule has 1 aromatic rings. The van der Waals surface area contributed by atoms with Crippen molar-refractivity contribution in [3.8, 4) is 0 Å². The number of carbonyl (C=O) groups excluding carboxylic acids is 4. The van der Waals surface area contributed by atoms with Crippen molar-refractivity contribution < 1.29 is 19.2 Å². The number of rotatable bonds is 3. The second-order valence-electron chi connectivity index (χ2n) is 6.92. The van der Waals surface area contributed by atoms with Gasteiger partial charge in [-0.2, -0.15) is 0 Å². The number of hydrogen-bond acceptors (Lipinski definition) is 4. The lowest BCUT2D eigenvalue weighted by Crippen LogP contribution is -2.59. The van der Waals surface area contributed by atoms with Gasteiger partial charge >= 0.3 is 0 Å². The fourth-order valence-corrected chi connectivity index (χ4v) is 3.31. The lowest BCUT2D eigenvalue weighted by Gasteiger charge is -2.40. The van der Waals surface area contributed by atoms with Crippen molar-refractivity contribution in [3.63, 3.8) is 0 Å². The van der Waals surface area contributed by atoms with Crippen molar-refractivity contribution in [2.75, 3.05) is 0 Å². The molecule has 2 rings (SSSR count). The van der Waals surface area contributed by atoms with Gasteiger partial charge in [-0.15, -0.1) is 11.6 Å². The summed E-state index contributed by atoms with van der Waals surface area (Å²) in [5, 5.41) is -1.10. The molecule has 0 aromatic heterocycles. The predicted octanol–water partition coefficient (Wildman–Crippen LogP) is 2.93. The first kappa shape index (κ1) is 17.5. The van der Waals surface area contributed by atoms with Crippen molar-refractivity contribution in [2.24, 2.45) is 16.7 Å². The van der Waals surface area contributed by atoms with E-state index in [0.717, 1.165) is 0 Å². The molecule has 1 saturated carbocycles. The van der Waals surface area contributed by atoms with Crippen molar-refractivity contribution in [3.05, 3.63) is 35.9 Å². The molecule has 23 heavy (non-hydrogen) atoms. The molecular formula is C18H19ClO4. The standard InChI is InChI=1S/C18H19ClO4/c1-17(2)14(21)11(15(22)18(3,4)16(17)23)13(20)12(19)10-8-6-5-7-9-10/h5-9,11-12H,1-4H3. The molecule has 1 fully saturated rings. The summed E-state index contributed by atoms with van der Waals surface area (Å²) in [6.45, 7) is 5.82. The van der Waals surface area contributed by atoms with Crippen LogP contribution < -0.4 is 0 Å². The van der Waals surface area contributed by atoms with Gasteiger partial charge in [-0.1, -0.05) is 30.3 Å². The molecule has 0 spiro atoms. The van der Waals surface area contributed by atoms with E-state index >= 15 is 0 Å². The predicted molar refractivity (Wildman–Crippen MR) is 86.1 cm³/mol. The average Bonchev–Trinajstić information content (AvgIpc) is 2.52. The summed E-state index contributed by atoms with van der Waals surface area (Å²) >= 11 is 6.20. The Morgan fingerprint density at radius 1 is 0.957 bits per heavy atom. The second-order valence-corrected chi connectivity index (χ2v) is 7.35. The molecule has 1 aliphatic rings. The Hall–Kier alpha value is -1.81. The van der Waals surface area contributed by atoms with Crippen molar-refractivity contribution in [1.29, 1.82) is 0 Å². The van der Waals surface area contributed by atoms with E-state index in [4.69, 9.17) is 11.6 Å². The highest BCUT2D eigenvalue weighted by Gasteiger charge is 2.60. The van der Waals surface area contributed by atoms with Gasteiger partial charge in [0, 0.05) is 0 Å². The Balaban J connectivity index is 2.45. The van der Waals surface area contributed by atoms with Gasteiger partial charge in [-0.3, -0.25) is 19.2 Å². The van der Waals surface area contributed by atoms with Gasteiger partial charge < -0.3 is 0 Å². The molecular weight excluding hydrogens is 316 g/mol. The topological polar surface area (TPSA) is 68.3 Å². The average molecular weight is 335 g/mol. The van der Waals surface area contributed by atoms with Crippen LogP contribution in [0.4, 0.5) is 0 Å². The summed E-state index contributed by atoms with van der Waals surface area (Å²) in [7, 11) is 0. The maximum Gasteiger partial charge on any atom is 0.173 e. The molecule has 0 saturated heterocycles. The highest BCUT2D eigenvalue weighted by atomic mass is 35.5. The second kappa shape index (κ2) is 5.68. The fraction of sp³-hybridized carbons (Fsp3) is 0.444. The van der Waals surface area contributed by atoms with E-state index in [-0.39, 0.29) is 0 Å². The van der Waals surface area contributed by atoms with Crippen molar-refractivity contribution >= 4 is 34.7 Å². The first-order valence-corrected chi connectivity index (χ1v) is 7.83. The molecule has 0 radical (unpaired) electrons. The lowest BCUT2D eigenvalue weighted by molar-refractivity contribution is -0.161. The van der Waals surface area contributed by atoms with Crippen LogP contribution in [0.3, 0.4) is 0 Å². The van der Waals surface area contributed by atoms with Crippen LogP contribution >= 0.6 is 11.6 Å². The summed E-state index contributed by atoms with van der Waals surface area (Å²) in [6.07, 6.45) is 0. The maximum atomic E-state index is 12.7. The number of Topliss-reactive ketones (excluding diaryl/α,β-unsaturated/α-hetero) is 4. The van der Waals surface area contributed by atoms with E-state index in [0.29, 0.717) is 5.56 Å². The Morgan fingerprint density at radius 2 is 1.39 bits per heavy atom. The van der Waals surface area contributed by atoms with Crippen molar-refractivity contribution in [2.45, 2.75) is 33.1 Å². The molecule has 0 N–H and O–H groups in total. The number of carbonyl (C=O) groups is 4. The monoisotopic (exact) mass is 334 g/mol. The Bertz CT molecular complexity index is 658. The van der Waals surface area contributed by atoms with Crippen LogP contribution in [-0.2, 0) is 19.2 Å². The number of ketones is 4. The summed E-state index contributed by atoms with van der Waals surface area (Å²) in [6, 6.07) is 8.54. The Labute approximate surface area is 140 Å². The summed E-state index contributed by atoms with van der Waals surface area (Å²) in [5.74, 6) is -3.96. The number of alkyl halides is 1.